The molecule has 0 saturated carbocycles. The number of hydrogen-bond donors (Lipinski definition) is 4. The number of carbonyl (C=O) groups is 3. The predicted molar refractivity (Wildman–Crippen MR) is 201 cm³/mol. The van der Waals surface area contributed by atoms with E-state index >= 15 is 0 Å². The minimum Gasteiger partial charge on any atom is -0.506 e. The molecule has 4 N–H and O–H groups in total. The van der Waals surface area contributed by atoms with Crippen LogP contribution in [0.3, 0.4) is 0 Å². The molecular formula is C39H33N3O13. The number of rotatable bonds is 6. The average molecular weight is 752 g/mol. The van der Waals surface area contributed by atoms with Gasteiger partial charge < -0.3 is 39.6 Å². The van der Waals surface area contributed by atoms with Crippen molar-refractivity contribution in [1.82, 2.24) is 14.8 Å². The van der Waals surface area contributed by atoms with Crippen molar-refractivity contribution in [2.75, 3.05) is 20.8 Å². The topological polar surface area (TPSA) is 236 Å². The number of phenols is 3. The monoisotopic (exact) mass is 751 g/mol. The maximum Gasteiger partial charge on any atom is 0.330 e. The van der Waals surface area contributed by atoms with E-state index < -0.39 is 114 Å². The first-order valence-electron chi connectivity index (χ1n) is 17.2. The molecule has 16 nitrogen and oxygen atoms in total. The van der Waals surface area contributed by atoms with Crippen LogP contribution >= 0.6 is 0 Å². The van der Waals surface area contributed by atoms with Gasteiger partial charge in [-0.15, -0.1) is 0 Å². The summed E-state index contributed by atoms with van der Waals surface area (Å²) in [5.74, 6) is -5.34. The van der Waals surface area contributed by atoms with Crippen molar-refractivity contribution in [2.45, 2.75) is 51.7 Å². The van der Waals surface area contributed by atoms with Gasteiger partial charge in [-0.1, -0.05) is 13.8 Å². The average Bonchev–Trinajstić information content (AvgIpc) is 3.17. The van der Waals surface area contributed by atoms with Crippen LogP contribution in [0.25, 0.3) is 53.9 Å². The summed E-state index contributed by atoms with van der Waals surface area (Å²) in [6.45, 7) is 4.08. The molecule has 0 aliphatic carbocycles. The van der Waals surface area contributed by atoms with Gasteiger partial charge in [0, 0.05) is 32.6 Å². The summed E-state index contributed by atoms with van der Waals surface area (Å²) in [5.41, 5.74) is -4.22. The van der Waals surface area contributed by atoms with Gasteiger partial charge in [-0.3, -0.25) is 33.6 Å². The van der Waals surface area contributed by atoms with Gasteiger partial charge in [0.2, 0.25) is 17.2 Å². The molecule has 0 bridgehead atoms. The fourth-order valence-electron chi connectivity index (χ4n) is 7.68. The first-order chi connectivity index (χ1) is 26.1. The number of ether oxygens (including phenoxy) is 2. The van der Waals surface area contributed by atoms with E-state index in [1.165, 1.54) is 32.2 Å². The van der Waals surface area contributed by atoms with E-state index in [4.69, 9.17) is 9.47 Å². The normalized spacial score (nSPS) is 16.6. The third-order valence-corrected chi connectivity index (χ3v) is 10.7. The molecule has 1 saturated heterocycles. The largest absolute Gasteiger partial charge is 0.506 e. The number of phenolic OH excluding ortho intramolecular Hbond substituents is 3. The van der Waals surface area contributed by atoms with Gasteiger partial charge in [0.15, 0.2) is 16.3 Å². The molecule has 7 rings (SSSR count). The van der Waals surface area contributed by atoms with Gasteiger partial charge >= 0.3 is 5.97 Å². The highest BCUT2D eigenvalue weighted by Gasteiger charge is 2.38. The van der Waals surface area contributed by atoms with Crippen LogP contribution in [-0.4, -0.2) is 75.4 Å². The van der Waals surface area contributed by atoms with Gasteiger partial charge in [-0.25, -0.2) is 4.79 Å². The standard InChI is InChI=1S/C39H33N3O13/c1-6-14(2)20-11-18-26(38(52)42(20)13-23(45)41-12-19(39(53)55-5)40-37(51)15(41)3)32(47)24-16(31(18)46)7-8-17-25(24)33(48)29-30(36(17)54-4)35(50)28-22(44)10-9-21(43)27(28)34(29)49/h7-11,14-15,19,48-50H,6,12-13H2,1-5H3,(H,40,51). The number of benzene rings is 5. The number of hydrogen-bond acceptors (Lipinski definition) is 13. The van der Waals surface area contributed by atoms with Crippen LogP contribution in [0.4, 0.5) is 0 Å². The summed E-state index contributed by atoms with van der Waals surface area (Å²) in [7, 11) is 2.31. The first kappa shape index (κ1) is 36.5. The van der Waals surface area contributed by atoms with E-state index in [9.17, 15) is 53.7 Å². The van der Waals surface area contributed by atoms with Crippen LogP contribution in [0, 0.1) is 0 Å². The van der Waals surface area contributed by atoms with Crippen molar-refractivity contribution in [3.05, 3.63) is 87.3 Å². The molecule has 2 amide bonds. The van der Waals surface area contributed by atoms with E-state index in [0.29, 0.717) is 6.42 Å². The maximum absolute atomic E-state index is 14.7. The summed E-state index contributed by atoms with van der Waals surface area (Å²) >= 11 is 0. The summed E-state index contributed by atoms with van der Waals surface area (Å²) in [4.78, 5) is 109. The Bertz CT molecular complexity index is 3020. The van der Waals surface area contributed by atoms with Gasteiger partial charge in [0.1, 0.15) is 41.6 Å². The van der Waals surface area contributed by atoms with Gasteiger partial charge in [-0.2, -0.15) is 0 Å². The number of esters is 1. The minimum atomic E-state index is -1.17. The molecule has 3 atom stereocenters. The highest BCUT2D eigenvalue weighted by atomic mass is 16.5. The number of piperazine rings is 1. The van der Waals surface area contributed by atoms with Crippen LogP contribution in [0.5, 0.6) is 23.0 Å². The second-order valence-corrected chi connectivity index (χ2v) is 13.6. The number of aromatic nitrogens is 1. The molecule has 6 aromatic rings. The molecule has 1 aliphatic heterocycles. The van der Waals surface area contributed by atoms with Gasteiger partial charge in [-0.05, 0) is 49.6 Å². The highest BCUT2D eigenvalue weighted by molar-refractivity contribution is 6.26. The number of fused-ring (bicyclic) bond motifs is 6. The molecule has 55 heavy (non-hydrogen) atoms. The lowest BCUT2D eigenvalue weighted by molar-refractivity contribution is -0.153. The maximum atomic E-state index is 14.7. The lowest BCUT2D eigenvalue weighted by Gasteiger charge is -2.36. The van der Waals surface area contributed by atoms with E-state index in [0.717, 1.165) is 28.7 Å². The zero-order valence-corrected chi connectivity index (χ0v) is 30.1. The Hall–Kier alpha value is -6.84. The Labute approximate surface area is 308 Å². The number of pyridine rings is 1. The Morgan fingerprint density at radius 1 is 0.800 bits per heavy atom. The van der Waals surface area contributed by atoms with Crippen LogP contribution in [0.2, 0.25) is 0 Å². The molecule has 1 aromatic heterocycles. The predicted octanol–water partition coefficient (Wildman–Crippen LogP) is 1.46. The summed E-state index contributed by atoms with van der Waals surface area (Å²) < 4.78 is 11.4. The molecule has 3 unspecified atom stereocenters. The van der Waals surface area contributed by atoms with E-state index in [2.05, 4.69) is 5.32 Å². The molecule has 1 fully saturated rings. The smallest absolute Gasteiger partial charge is 0.330 e. The van der Waals surface area contributed by atoms with Crippen LogP contribution in [0.15, 0.2) is 54.3 Å². The first-order valence-corrected chi connectivity index (χ1v) is 17.2. The molecule has 0 radical (unpaired) electrons. The number of methoxy groups -OCH3 is 2. The fourth-order valence-corrected chi connectivity index (χ4v) is 7.68. The third kappa shape index (κ3) is 5.11. The van der Waals surface area contributed by atoms with Crippen molar-refractivity contribution in [3.8, 4) is 23.0 Å². The Balaban J connectivity index is 1.57. The molecule has 16 heteroatoms. The van der Waals surface area contributed by atoms with Gasteiger partial charge in [0.05, 0.1) is 47.7 Å². The summed E-state index contributed by atoms with van der Waals surface area (Å²) in [6, 6.07) is 3.57. The van der Waals surface area contributed by atoms with Crippen LogP contribution in [-0.2, 0) is 25.7 Å². The zero-order valence-electron chi connectivity index (χ0n) is 30.1. The Kier molecular flexibility index (Phi) is 8.58. The molecule has 5 aromatic carbocycles. The second kappa shape index (κ2) is 12.9. The van der Waals surface area contributed by atoms with Crippen molar-refractivity contribution in [3.63, 3.8) is 0 Å². The second-order valence-electron chi connectivity index (χ2n) is 13.6. The Morgan fingerprint density at radius 2 is 1.40 bits per heavy atom. The fraction of sp³-hybridized carbons (Fsp3) is 0.282. The molecule has 0 spiro atoms. The number of carbonyl (C=O) groups excluding carboxylic acids is 3. The number of nitrogens with one attached hydrogen (secondary N) is 1. The van der Waals surface area contributed by atoms with Crippen LogP contribution < -0.4 is 37.3 Å². The lowest BCUT2D eigenvalue weighted by atomic mass is 9.91. The zero-order chi connectivity index (χ0) is 39.9. The Morgan fingerprint density at radius 3 is 2.00 bits per heavy atom. The quantitative estimate of drug-likeness (QED) is 0.0818. The lowest BCUT2D eigenvalue weighted by Crippen LogP contribution is -2.63. The SMILES string of the molecule is CCC(C)c1cc2c(=O)c3ccc4c(OC)c5c(O)c6c(=O)ccc(=O)c6c(O)c5c(O)c4c3c(=O)c2c(=O)n1CC(=O)N1CC(C(=O)OC)NC(=O)C1C. The molecule has 2 heterocycles. The number of aromatic hydroxyl groups is 3. The third-order valence-electron chi connectivity index (χ3n) is 10.7. The van der Waals surface area contributed by atoms with Gasteiger partial charge in [0.25, 0.3) is 5.56 Å². The minimum absolute atomic E-state index is 0.0557. The molecule has 1 aliphatic rings. The van der Waals surface area contributed by atoms with E-state index in [-0.39, 0.29) is 44.9 Å². The highest BCUT2D eigenvalue weighted by Crippen LogP contribution is 2.52. The van der Waals surface area contributed by atoms with E-state index in [1.807, 2.05) is 6.92 Å². The number of amides is 2. The summed E-state index contributed by atoms with van der Waals surface area (Å²) in [5, 5.41) is 33.0. The summed E-state index contributed by atoms with van der Waals surface area (Å²) in [6.07, 6.45) is 0.452. The van der Waals surface area contributed by atoms with Crippen molar-refractivity contribution in [1.29, 1.82) is 0 Å². The molecule has 282 valence electrons. The van der Waals surface area contributed by atoms with Crippen molar-refractivity contribution < 1.29 is 39.2 Å². The van der Waals surface area contributed by atoms with E-state index in [1.54, 1.807) is 6.92 Å². The molecular weight excluding hydrogens is 718 g/mol. The van der Waals surface area contributed by atoms with Crippen LogP contribution in [0.1, 0.15) is 38.8 Å². The van der Waals surface area contributed by atoms with Crippen molar-refractivity contribution >= 4 is 71.6 Å². The van der Waals surface area contributed by atoms with Crippen molar-refractivity contribution in [2.24, 2.45) is 0 Å². The number of nitrogens with zero attached hydrogens (tertiary/aromatic N) is 2.